The van der Waals surface area contributed by atoms with E-state index in [1.54, 1.807) is 23.1 Å². The molecule has 1 atom stereocenters. The number of alkyl halides is 6. The van der Waals surface area contributed by atoms with Crippen molar-refractivity contribution in [1.82, 2.24) is 14.3 Å². The Bertz CT molecular complexity index is 1130. The Kier molecular flexibility index (Phi) is 7.11. The normalized spacial score (nSPS) is 20.7. The minimum Gasteiger partial charge on any atom is -0.361 e. The number of benzene rings is 1. The first kappa shape index (κ1) is 25.8. The van der Waals surface area contributed by atoms with Gasteiger partial charge in [0.2, 0.25) is 0 Å². The van der Waals surface area contributed by atoms with Crippen molar-refractivity contribution >= 4 is 15.7 Å². The lowest BCUT2D eigenvalue weighted by Gasteiger charge is -2.35. The number of sulfonamides is 1. The van der Waals surface area contributed by atoms with E-state index in [1.165, 1.54) is 6.07 Å². The molecule has 1 aliphatic heterocycles. The molecule has 1 N–H and O–H groups in total. The Morgan fingerprint density at radius 2 is 1.71 bits per heavy atom. The highest BCUT2D eigenvalue weighted by Gasteiger charge is 2.51. The molecule has 0 radical (unpaired) electrons. The van der Waals surface area contributed by atoms with Crippen molar-refractivity contribution in [2.24, 2.45) is 5.92 Å². The van der Waals surface area contributed by atoms with E-state index in [-0.39, 0.29) is 17.8 Å². The first-order valence-corrected chi connectivity index (χ1v) is 12.8. The maximum Gasteiger partial charge on any atom is 0.511 e. The molecule has 2 aromatic rings. The fourth-order valence-electron chi connectivity index (χ4n) is 5.08. The lowest BCUT2D eigenvalue weighted by atomic mass is 9.97. The number of imidazole rings is 1. The van der Waals surface area contributed by atoms with Gasteiger partial charge in [0.1, 0.15) is 0 Å². The highest BCUT2D eigenvalue weighted by molar-refractivity contribution is 7.89. The van der Waals surface area contributed by atoms with Crippen molar-refractivity contribution in [3.8, 4) is 0 Å². The fourth-order valence-corrected chi connectivity index (χ4v) is 6.05. The monoisotopic (exact) mass is 524 g/mol. The number of fused-ring (bicyclic) bond motifs is 1. The average Bonchev–Trinajstić information content (AvgIpc) is 3.43. The van der Waals surface area contributed by atoms with E-state index in [1.807, 2.05) is 0 Å². The van der Waals surface area contributed by atoms with Gasteiger partial charge >= 0.3 is 21.7 Å². The fraction of sp³-hybridized carbons (Fsp3) is 0.591. The zero-order valence-corrected chi connectivity index (χ0v) is 19.6. The Morgan fingerprint density at radius 3 is 2.37 bits per heavy atom. The van der Waals surface area contributed by atoms with Gasteiger partial charge in [-0.15, -0.1) is 0 Å². The van der Waals surface area contributed by atoms with Crippen LogP contribution in [0.1, 0.15) is 55.5 Å². The van der Waals surface area contributed by atoms with Crippen LogP contribution in [-0.4, -0.2) is 40.8 Å². The van der Waals surface area contributed by atoms with Crippen LogP contribution in [0.15, 0.2) is 30.6 Å². The van der Waals surface area contributed by atoms with Gasteiger partial charge in [0.05, 0.1) is 18.6 Å². The Labute approximate surface area is 199 Å². The number of anilines is 1. The topological polar surface area (TPSA) is 69.3 Å². The predicted molar refractivity (Wildman–Crippen MR) is 117 cm³/mol. The zero-order valence-electron chi connectivity index (χ0n) is 18.7. The summed E-state index contributed by atoms with van der Waals surface area (Å²) in [6.07, 6.45) is 1.27. The van der Waals surface area contributed by atoms with Crippen LogP contribution in [0.5, 0.6) is 0 Å². The summed E-state index contributed by atoms with van der Waals surface area (Å²) < 4.78 is 106. The smallest absolute Gasteiger partial charge is 0.361 e. The Hall–Kier alpha value is -2.28. The van der Waals surface area contributed by atoms with Crippen molar-refractivity contribution in [3.05, 3.63) is 47.5 Å². The van der Waals surface area contributed by atoms with E-state index >= 15 is 0 Å². The first-order valence-electron chi connectivity index (χ1n) is 11.4. The van der Waals surface area contributed by atoms with Crippen molar-refractivity contribution < 1.29 is 34.8 Å². The Morgan fingerprint density at radius 1 is 1.03 bits per heavy atom. The summed E-state index contributed by atoms with van der Waals surface area (Å²) in [5.41, 5.74) is -6.12. The third-order valence-electron chi connectivity index (χ3n) is 6.83. The van der Waals surface area contributed by atoms with Crippen molar-refractivity contribution in [3.63, 3.8) is 0 Å². The summed E-state index contributed by atoms with van der Waals surface area (Å²) in [7, 11) is -5.65. The second-order valence-corrected chi connectivity index (χ2v) is 11.0. The molecule has 0 amide bonds. The van der Waals surface area contributed by atoms with E-state index < -0.39 is 46.5 Å². The number of nitrogens with one attached hydrogen (secondary N) is 1. The summed E-state index contributed by atoms with van der Waals surface area (Å²) in [4.78, 5) is 7.50. The van der Waals surface area contributed by atoms with Crippen molar-refractivity contribution in [1.29, 1.82) is 0 Å². The second-order valence-electron chi connectivity index (χ2n) is 9.11. The van der Waals surface area contributed by atoms with Crippen LogP contribution < -0.4 is 4.90 Å². The van der Waals surface area contributed by atoms with Gasteiger partial charge in [0, 0.05) is 24.8 Å². The molecule has 194 valence electrons. The molecule has 1 fully saturated rings. The first-order chi connectivity index (χ1) is 16.4. The van der Waals surface area contributed by atoms with Crippen LogP contribution in [0.25, 0.3) is 0 Å². The molecule has 6 nitrogen and oxygen atoms in total. The highest BCUT2D eigenvalue weighted by Crippen LogP contribution is 2.38. The maximum absolute atomic E-state index is 13.5. The number of para-hydroxylation sites is 1. The SMILES string of the molecule is O=S(=O)(N1Cc2ccccc2N(Cc2[nH]cnc2C(F)(F)F)C(CCC2CCCC2)C1)C(F)(F)F. The summed E-state index contributed by atoms with van der Waals surface area (Å²) in [6, 6.07) is 5.53. The van der Waals surface area contributed by atoms with E-state index in [0.717, 1.165) is 32.0 Å². The van der Waals surface area contributed by atoms with Crippen molar-refractivity contribution in [2.45, 2.75) is 69.3 Å². The van der Waals surface area contributed by atoms with Crippen LogP contribution in [0.2, 0.25) is 0 Å². The largest absolute Gasteiger partial charge is 0.511 e. The number of halogens is 6. The second kappa shape index (κ2) is 9.64. The van der Waals surface area contributed by atoms with Crippen LogP contribution in [0, 0.1) is 5.92 Å². The average molecular weight is 525 g/mol. The number of aromatic amines is 1. The molecular formula is C22H26F6N4O2S. The molecule has 2 heterocycles. The molecule has 1 unspecified atom stereocenters. The van der Waals surface area contributed by atoms with Gasteiger partial charge in [-0.1, -0.05) is 43.9 Å². The van der Waals surface area contributed by atoms with Crippen LogP contribution in [0.3, 0.4) is 0 Å². The van der Waals surface area contributed by atoms with Gasteiger partial charge in [-0.2, -0.15) is 30.6 Å². The van der Waals surface area contributed by atoms with Gasteiger partial charge in [-0.25, -0.2) is 13.4 Å². The molecule has 0 bridgehead atoms. The van der Waals surface area contributed by atoms with Crippen LogP contribution >= 0.6 is 0 Å². The lowest BCUT2D eigenvalue weighted by Crippen LogP contribution is -2.47. The minimum atomic E-state index is -5.65. The van der Waals surface area contributed by atoms with E-state index in [2.05, 4.69) is 9.97 Å². The molecule has 1 aliphatic carbocycles. The number of hydrogen-bond acceptors (Lipinski definition) is 4. The molecule has 0 saturated heterocycles. The molecule has 0 spiro atoms. The van der Waals surface area contributed by atoms with Gasteiger partial charge < -0.3 is 9.88 Å². The minimum absolute atomic E-state index is 0.231. The third-order valence-corrected chi connectivity index (χ3v) is 8.38. The third kappa shape index (κ3) is 5.45. The van der Waals surface area contributed by atoms with Gasteiger partial charge in [0.15, 0.2) is 5.69 Å². The van der Waals surface area contributed by atoms with E-state index in [9.17, 15) is 34.8 Å². The quantitative estimate of drug-likeness (QED) is 0.511. The summed E-state index contributed by atoms with van der Waals surface area (Å²) >= 11 is 0. The van der Waals surface area contributed by atoms with Gasteiger partial charge in [-0.05, 0) is 30.4 Å². The Balaban J connectivity index is 1.74. The molecule has 1 saturated carbocycles. The number of rotatable bonds is 6. The number of H-pyrrole nitrogens is 1. The van der Waals surface area contributed by atoms with Crippen LogP contribution in [-0.2, 0) is 29.3 Å². The predicted octanol–water partition coefficient (Wildman–Crippen LogP) is 5.44. The lowest BCUT2D eigenvalue weighted by molar-refractivity contribution is -0.141. The number of nitrogens with zero attached hydrogens (tertiary/aromatic N) is 3. The van der Waals surface area contributed by atoms with Gasteiger partial charge in [0.25, 0.3) is 0 Å². The number of aromatic nitrogens is 2. The zero-order chi connectivity index (χ0) is 25.4. The molecule has 1 aromatic carbocycles. The molecule has 1 aromatic heterocycles. The highest BCUT2D eigenvalue weighted by atomic mass is 32.2. The van der Waals surface area contributed by atoms with E-state index in [4.69, 9.17) is 0 Å². The standard InChI is InChI=1S/C22H26F6N4O2S/c23-21(24,25)20-18(29-14-30-20)13-32-17(10-9-15-5-1-2-6-15)12-31(35(33,34)22(26,27)28)11-16-7-3-4-8-19(16)32/h3-4,7-8,14-15,17H,1-2,5-6,9-13H2,(H,29,30). The summed E-state index contributed by atoms with van der Waals surface area (Å²) in [5, 5.41) is 0. The molecular weight excluding hydrogens is 498 g/mol. The molecule has 35 heavy (non-hydrogen) atoms. The van der Waals surface area contributed by atoms with Gasteiger partial charge in [-0.3, -0.25) is 0 Å². The molecule has 2 aliphatic rings. The number of hydrogen-bond donors (Lipinski definition) is 1. The molecule has 4 rings (SSSR count). The summed E-state index contributed by atoms with van der Waals surface area (Å²) in [5.74, 6) is 0.362. The maximum atomic E-state index is 13.5. The van der Waals surface area contributed by atoms with Crippen molar-refractivity contribution in [2.75, 3.05) is 11.4 Å². The van der Waals surface area contributed by atoms with E-state index in [0.29, 0.717) is 28.8 Å². The summed E-state index contributed by atoms with van der Waals surface area (Å²) in [6.45, 7) is -1.32. The van der Waals surface area contributed by atoms with Crippen LogP contribution in [0.4, 0.5) is 32.0 Å². The molecule has 13 heteroatoms.